The maximum Gasteiger partial charge on any atom is 0.418 e. The second-order valence-electron chi connectivity index (χ2n) is 5.90. The van der Waals surface area contributed by atoms with Crippen molar-refractivity contribution in [3.8, 4) is 5.69 Å². The maximum absolute atomic E-state index is 13.3. The van der Waals surface area contributed by atoms with E-state index in [-0.39, 0.29) is 17.8 Å². The van der Waals surface area contributed by atoms with E-state index in [1.54, 1.807) is 0 Å². The van der Waals surface area contributed by atoms with Gasteiger partial charge in [-0.25, -0.2) is 4.68 Å². The summed E-state index contributed by atoms with van der Waals surface area (Å²) in [5.74, 6) is -2.12. The number of carbonyl (C=O) groups excluding carboxylic acids is 1. The van der Waals surface area contributed by atoms with Crippen LogP contribution in [0.5, 0.6) is 0 Å². The quantitative estimate of drug-likeness (QED) is 0.824. The Hall–Kier alpha value is -3.17. The third-order valence-electron chi connectivity index (χ3n) is 3.62. The van der Waals surface area contributed by atoms with Crippen molar-refractivity contribution in [1.29, 1.82) is 0 Å². The van der Waals surface area contributed by atoms with Gasteiger partial charge in [-0.15, -0.1) is 0 Å². The van der Waals surface area contributed by atoms with Crippen LogP contribution in [0.3, 0.4) is 0 Å². The number of aromatic nitrogens is 2. The summed E-state index contributed by atoms with van der Waals surface area (Å²) in [6.45, 7) is 2.80. The predicted octanol–water partition coefficient (Wildman–Crippen LogP) is 2.15. The molecule has 0 aliphatic heterocycles. The van der Waals surface area contributed by atoms with Crippen molar-refractivity contribution < 1.29 is 27.9 Å². The Morgan fingerprint density at radius 2 is 1.93 bits per heavy atom. The van der Waals surface area contributed by atoms with Crippen LogP contribution < -0.4 is 10.7 Å². The van der Waals surface area contributed by atoms with Gasteiger partial charge in [0.05, 0.1) is 17.7 Å². The molecular weight excluding hydrogens is 367 g/mol. The van der Waals surface area contributed by atoms with E-state index in [4.69, 9.17) is 5.11 Å². The number of aryl methyl sites for hydroxylation is 1. The fraction of sp³-hybridized carbons (Fsp3) is 0.294. The molecule has 0 saturated heterocycles. The molecule has 1 amide bonds. The van der Waals surface area contributed by atoms with Crippen molar-refractivity contribution in [2.45, 2.75) is 32.5 Å². The molecule has 0 spiro atoms. The molecule has 27 heavy (non-hydrogen) atoms. The van der Waals surface area contributed by atoms with E-state index >= 15 is 0 Å². The number of aliphatic carboxylic acids is 1. The first-order valence-electron chi connectivity index (χ1n) is 7.81. The van der Waals surface area contributed by atoms with Gasteiger partial charge in [0.1, 0.15) is 0 Å². The number of carboxylic acid groups (broad SMARTS) is 1. The molecule has 1 atom stereocenters. The lowest BCUT2D eigenvalue weighted by Gasteiger charge is -2.17. The molecule has 0 aliphatic rings. The number of hydrogen-bond acceptors (Lipinski definition) is 4. The summed E-state index contributed by atoms with van der Waals surface area (Å²) in [6, 6.07) is 4.82. The number of nitrogens with zero attached hydrogens (tertiary/aromatic N) is 2. The number of carboxylic acids is 1. The summed E-state index contributed by atoms with van der Waals surface area (Å²) < 4.78 is 40.6. The molecule has 10 heteroatoms. The summed E-state index contributed by atoms with van der Waals surface area (Å²) in [6.07, 6.45) is -5.05. The van der Waals surface area contributed by atoms with Crippen LogP contribution in [0.4, 0.5) is 13.2 Å². The van der Waals surface area contributed by atoms with Crippen molar-refractivity contribution in [3.05, 3.63) is 57.5 Å². The van der Waals surface area contributed by atoms with Crippen LogP contribution in [0, 0.1) is 6.92 Å². The predicted molar refractivity (Wildman–Crippen MR) is 88.8 cm³/mol. The van der Waals surface area contributed by atoms with Gasteiger partial charge >= 0.3 is 12.1 Å². The van der Waals surface area contributed by atoms with Gasteiger partial charge in [-0.3, -0.25) is 14.4 Å². The number of rotatable bonds is 5. The lowest BCUT2D eigenvalue weighted by atomic mass is 10.1. The second kappa shape index (κ2) is 7.60. The fourth-order valence-electron chi connectivity index (χ4n) is 2.45. The van der Waals surface area contributed by atoms with Crippen molar-refractivity contribution in [3.63, 3.8) is 0 Å². The Labute approximate surface area is 151 Å². The highest BCUT2D eigenvalue weighted by Crippen LogP contribution is 2.33. The van der Waals surface area contributed by atoms with Gasteiger partial charge in [-0.1, -0.05) is 12.1 Å². The van der Waals surface area contributed by atoms with E-state index in [0.717, 1.165) is 16.8 Å². The topological polar surface area (TPSA) is 101 Å². The van der Waals surface area contributed by atoms with Crippen molar-refractivity contribution in [2.75, 3.05) is 0 Å². The summed E-state index contributed by atoms with van der Waals surface area (Å²) in [7, 11) is 0. The Kier molecular flexibility index (Phi) is 5.67. The molecule has 0 fully saturated rings. The van der Waals surface area contributed by atoms with Crippen LogP contribution in [0.1, 0.15) is 35.1 Å². The molecule has 0 radical (unpaired) electrons. The van der Waals surface area contributed by atoms with Gasteiger partial charge in [0, 0.05) is 17.8 Å². The third-order valence-corrected chi connectivity index (χ3v) is 3.62. The molecule has 7 nitrogen and oxygen atoms in total. The number of nitrogens with one attached hydrogen (secondary N) is 1. The van der Waals surface area contributed by atoms with Gasteiger partial charge < -0.3 is 10.4 Å². The maximum atomic E-state index is 13.3. The largest absolute Gasteiger partial charge is 0.481 e. The van der Waals surface area contributed by atoms with Crippen LogP contribution in [-0.2, 0) is 11.0 Å². The second-order valence-corrected chi connectivity index (χ2v) is 5.90. The number of hydrogen-bond donors (Lipinski definition) is 2. The molecule has 0 saturated carbocycles. The zero-order valence-electron chi connectivity index (χ0n) is 14.4. The summed E-state index contributed by atoms with van der Waals surface area (Å²) in [5.41, 5.74) is -2.63. The number of carbonyl (C=O) groups is 2. The van der Waals surface area contributed by atoms with Crippen LogP contribution in [-0.4, -0.2) is 32.8 Å². The first kappa shape index (κ1) is 20.1. The van der Waals surface area contributed by atoms with Crippen LogP contribution >= 0.6 is 0 Å². The summed E-state index contributed by atoms with van der Waals surface area (Å²) in [5, 5.41) is 14.8. The highest BCUT2D eigenvalue weighted by molar-refractivity contribution is 5.92. The van der Waals surface area contributed by atoms with Crippen molar-refractivity contribution in [1.82, 2.24) is 15.1 Å². The van der Waals surface area contributed by atoms with Crippen LogP contribution in [0.15, 0.2) is 35.1 Å². The van der Waals surface area contributed by atoms with E-state index in [1.807, 2.05) is 0 Å². The van der Waals surface area contributed by atoms with E-state index in [2.05, 4.69) is 10.4 Å². The molecule has 2 rings (SSSR count). The Bertz CT molecular complexity index is 938. The highest BCUT2D eigenvalue weighted by Gasteiger charge is 2.34. The average Bonchev–Trinajstić information content (AvgIpc) is 2.53. The molecular formula is C17H16F3N3O4. The normalized spacial score (nSPS) is 12.5. The van der Waals surface area contributed by atoms with Crippen molar-refractivity contribution in [2.24, 2.45) is 0 Å². The molecule has 1 aromatic heterocycles. The van der Waals surface area contributed by atoms with Crippen LogP contribution in [0.2, 0.25) is 0 Å². The molecule has 0 bridgehead atoms. The van der Waals surface area contributed by atoms with E-state index < -0.39 is 40.8 Å². The van der Waals surface area contributed by atoms with E-state index in [9.17, 15) is 27.6 Å². The fourth-order valence-corrected chi connectivity index (χ4v) is 2.45. The molecule has 1 heterocycles. The third kappa shape index (κ3) is 4.72. The molecule has 1 aromatic carbocycles. The first-order chi connectivity index (χ1) is 12.5. The van der Waals surface area contributed by atoms with E-state index in [1.165, 1.54) is 32.0 Å². The first-order valence-corrected chi connectivity index (χ1v) is 7.81. The lowest BCUT2D eigenvalue weighted by Crippen LogP contribution is -2.38. The Morgan fingerprint density at radius 3 is 2.52 bits per heavy atom. The van der Waals surface area contributed by atoms with Gasteiger partial charge in [0.25, 0.3) is 5.91 Å². The molecule has 2 N–H and O–H groups in total. The van der Waals surface area contributed by atoms with Gasteiger partial charge in [-0.05, 0) is 26.0 Å². The highest BCUT2D eigenvalue weighted by atomic mass is 19.4. The van der Waals surface area contributed by atoms with Gasteiger partial charge in [-0.2, -0.15) is 18.3 Å². The van der Waals surface area contributed by atoms with Crippen molar-refractivity contribution >= 4 is 11.9 Å². The standard InChI is InChI=1S/C17H16F3N3O4/c1-9(7-14(25)26)21-16(27)15-13(24)8-10(2)23(22-15)12-6-4-3-5-11(12)17(18,19)20/h3-6,8-9H,7H2,1-2H3,(H,21,27)(H,25,26). The molecule has 0 aliphatic carbocycles. The number of amides is 1. The van der Waals surface area contributed by atoms with Gasteiger partial charge in [0.15, 0.2) is 5.69 Å². The minimum atomic E-state index is -4.66. The summed E-state index contributed by atoms with van der Waals surface area (Å²) >= 11 is 0. The lowest BCUT2D eigenvalue weighted by molar-refractivity contribution is -0.138. The zero-order valence-corrected chi connectivity index (χ0v) is 14.4. The Balaban J connectivity index is 2.51. The number of benzene rings is 1. The molecule has 2 aromatic rings. The van der Waals surface area contributed by atoms with Gasteiger partial charge in [0.2, 0.25) is 5.43 Å². The monoisotopic (exact) mass is 383 g/mol. The van der Waals surface area contributed by atoms with E-state index in [0.29, 0.717) is 0 Å². The smallest absolute Gasteiger partial charge is 0.418 e. The minimum Gasteiger partial charge on any atom is -0.481 e. The average molecular weight is 383 g/mol. The summed E-state index contributed by atoms with van der Waals surface area (Å²) in [4.78, 5) is 35.0. The Morgan fingerprint density at radius 1 is 1.30 bits per heavy atom. The molecule has 144 valence electrons. The SMILES string of the molecule is Cc1cc(=O)c(C(=O)NC(C)CC(=O)O)nn1-c1ccccc1C(F)(F)F. The number of para-hydroxylation sites is 1. The zero-order chi connectivity index (χ0) is 20.4. The number of halogens is 3. The van der Waals surface area contributed by atoms with Crippen LogP contribution in [0.25, 0.3) is 5.69 Å². The number of alkyl halides is 3. The molecule has 1 unspecified atom stereocenters. The minimum absolute atomic E-state index is 0.104.